The fourth-order valence-electron chi connectivity index (χ4n) is 2.03. The molecular weight excluding hydrogens is 312 g/mol. The van der Waals surface area contributed by atoms with Crippen LogP contribution in [0.4, 0.5) is 0 Å². The molecule has 0 atom stereocenters. The Labute approximate surface area is 139 Å². The molecule has 120 valence electrons. The molecule has 4 nitrogen and oxygen atoms in total. The average Bonchev–Trinajstić information content (AvgIpc) is 2.57. The number of ether oxygens (including phenoxy) is 1. The topological polar surface area (TPSA) is 56.5 Å². The van der Waals surface area contributed by atoms with Gasteiger partial charge in [-0.05, 0) is 42.3 Å². The summed E-state index contributed by atoms with van der Waals surface area (Å²) in [6.45, 7) is 5.61. The van der Waals surface area contributed by atoms with Gasteiger partial charge in [-0.1, -0.05) is 26.0 Å². The third kappa shape index (κ3) is 4.13. The standard InChI is InChI=1S/C18H18O4S/c1-3-5-6-14(4-2)21-17(19)15-10-13-9-12(11-23)7-8-16(13)22-18(15)20/h4,6-10,23H,2-3,5,11H2,1H3/b14-6+. The quantitative estimate of drug-likeness (QED) is 0.283. The first-order valence-corrected chi connectivity index (χ1v) is 7.94. The molecule has 0 aliphatic carbocycles. The molecule has 2 aromatic rings. The van der Waals surface area contributed by atoms with Crippen molar-refractivity contribution in [3.8, 4) is 0 Å². The first kappa shape index (κ1) is 17.1. The first-order chi connectivity index (χ1) is 11.1. The lowest BCUT2D eigenvalue weighted by Gasteiger charge is -2.06. The fraction of sp³-hybridized carbons (Fsp3) is 0.222. The maximum absolute atomic E-state index is 12.2. The van der Waals surface area contributed by atoms with E-state index in [1.54, 1.807) is 12.1 Å². The van der Waals surface area contributed by atoms with Crippen molar-refractivity contribution in [1.82, 2.24) is 0 Å². The van der Waals surface area contributed by atoms with Gasteiger partial charge in [0.2, 0.25) is 0 Å². The predicted molar refractivity (Wildman–Crippen MR) is 93.8 cm³/mol. The minimum Gasteiger partial charge on any atom is -0.423 e. The molecule has 23 heavy (non-hydrogen) atoms. The Bertz CT molecular complexity index is 817. The summed E-state index contributed by atoms with van der Waals surface area (Å²) in [4.78, 5) is 24.2. The zero-order valence-electron chi connectivity index (χ0n) is 12.9. The molecule has 2 rings (SSSR count). The SMILES string of the molecule is C=C/C(=C\CCC)OC(=O)c1cc2cc(CS)ccc2oc1=O. The first-order valence-electron chi connectivity index (χ1n) is 7.31. The Hall–Kier alpha value is -2.27. The largest absolute Gasteiger partial charge is 0.423 e. The third-order valence-corrected chi connectivity index (χ3v) is 3.61. The monoisotopic (exact) mass is 330 g/mol. The van der Waals surface area contributed by atoms with E-state index in [1.807, 2.05) is 19.1 Å². The van der Waals surface area contributed by atoms with Gasteiger partial charge in [0.05, 0.1) is 0 Å². The maximum atomic E-state index is 12.2. The van der Waals surface area contributed by atoms with Gasteiger partial charge in [0, 0.05) is 11.1 Å². The third-order valence-electron chi connectivity index (χ3n) is 3.25. The molecule has 0 amide bonds. The van der Waals surface area contributed by atoms with E-state index in [0.29, 0.717) is 22.5 Å². The maximum Gasteiger partial charge on any atom is 0.351 e. The van der Waals surface area contributed by atoms with Crippen LogP contribution in [0, 0.1) is 0 Å². The van der Waals surface area contributed by atoms with Crippen LogP contribution in [0.5, 0.6) is 0 Å². The minimum atomic E-state index is -0.751. The van der Waals surface area contributed by atoms with Crippen molar-refractivity contribution in [3.63, 3.8) is 0 Å². The second-order valence-corrected chi connectivity index (χ2v) is 5.28. The fourth-order valence-corrected chi connectivity index (χ4v) is 2.23. The van der Waals surface area contributed by atoms with Crippen LogP contribution in [0.2, 0.25) is 0 Å². The van der Waals surface area contributed by atoms with Crippen molar-refractivity contribution >= 4 is 29.6 Å². The summed E-state index contributed by atoms with van der Waals surface area (Å²) in [5, 5.41) is 0.654. The van der Waals surface area contributed by atoms with Gasteiger partial charge in [-0.3, -0.25) is 0 Å². The highest BCUT2D eigenvalue weighted by Gasteiger charge is 2.16. The Morgan fingerprint density at radius 1 is 1.39 bits per heavy atom. The summed E-state index contributed by atoms with van der Waals surface area (Å²) in [7, 11) is 0. The number of hydrogen-bond donors (Lipinski definition) is 1. The molecule has 1 aromatic heterocycles. The van der Waals surface area contributed by atoms with Crippen LogP contribution in [0.15, 0.2) is 58.0 Å². The lowest BCUT2D eigenvalue weighted by Crippen LogP contribution is -2.16. The number of unbranched alkanes of at least 4 members (excludes halogenated alkanes) is 1. The molecule has 0 radical (unpaired) electrons. The number of fused-ring (bicyclic) bond motifs is 1. The molecule has 1 heterocycles. The molecule has 1 aromatic carbocycles. The zero-order valence-corrected chi connectivity index (χ0v) is 13.8. The number of carbonyl (C=O) groups excluding carboxylic acids is 1. The van der Waals surface area contributed by atoms with Crippen molar-refractivity contribution < 1.29 is 13.9 Å². The summed E-state index contributed by atoms with van der Waals surface area (Å²) >= 11 is 4.21. The Morgan fingerprint density at radius 3 is 2.83 bits per heavy atom. The highest BCUT2D eigenvalue weighted by molar-refractivity contribution is 7.79. The van der Waals surface area contributed by atoms with E-state index in [2.05, 4.69) is 19.2 Å². The van der Waals surface area contributed by atoms with Crippen LogP contribution < -0.4 is 5.63 Å². The molecule has 0 unspecified atom stereocenters. The molecule has 0 saturated carbocycles. The van der Waals surface area contributed by atoms with Crippen LogP contribution in [0.25, 0.3) is 11.0 Å². The van der Waals surface area contributed by atoms with Crippen molar-refractivity contribution in [2.75, 3.05) is 0 Å². The smallest absolute Gasteiger partial charge is 0.351 e. The number of esters is 1. The summed E-state index contributed by atoms with van der Waals surface area (Å²) in [5.41, 5.74) is 0.518. The van der Waals surface area contributed by atoms with Gasteiger partial charge in [-0.25, -0.2) is 9.59 Å². The summed E-state index contributed by atoms with van der Waals surface area (Å²) in [6, 6.07) is 6.81. The van der Waals surface area contributed by atoms with Gasteiger partial charge < -0.3 is 9.15 Å². The number of carbonyl (C=O) groups is 1. The Kier molecular flexibility index (Phi) is 5.82. The van der Waals surface area contributed by atoms with E-state index >= 15 is 0 Å². The predicted octanol–water partition coefficient (Wildman–Crippen LogP) is 4.25. The van der Waals surface area contributed by atoms with Crippen LogP contribution in [-0.2, 0) is 10.5 Å². The highest BCUT2D eigenvalue weighted by atomic mass is 32.1. The van der Waals surface area contributed by atoms with E-state index in [9.17, 15) is 9.59 Å². The lowest BCUT2D eigenvalue weighted by atomic mass is 10.1. The normalized spacial score (nSPS) is 11.5. The molecule has 5 heteroatoms. The van der Waals surface area contributed by atoms with Crippen molar-refractivity contribution in [2.45, 2.75) is 25.5 Å². The van der Waals surface area contributed by atoms with E-state index in [-0.39, 0.29) is 5.56 Å². The van der Waals surface area contributed by atoms with Gasteiger partial charge in [0.25, 0.3) is 0 Å². The lowest BCUT2D eigenvalue weighted by molar-refractivity contribution is 0.0631. The number of thiol groups is 1. The highest BCUT2D eigenvalue weighted by Crippen LogP contribution is 2.18. The molecule has 0 aliphatic rings. The number of benzene rings is 1. The number of allylic oxidation sites excluding steroid dienone is 2. The van der Waals surface area contributed by atoms with E-state index in [4.69, 9.17) is 9.15 Å². The molecule has 0 aliphatic heterocycles. The molecular formula is C18H18O4S. The van der Waals surface area contributed by atoms with E-state index in [1.165, 1.54) is 12.1 Å². The molecule has 0 N–H and O–H groups in total. The summed E-state index contributed by atoms with van der Waals surface area (Å²) in [5.74, 6) is 0.134. The van der Waals surface area contributed by atoms with Crippen LogP contribution in [0.1, 0.15) is 35.7 Å². The minimum absolute atomic E-state index is 0.141. The van der Waals surface area contributed by atoms with Crippen LogP contribution in [-0.4, -0.2) is 5.97 Å². The molecule has 0 spiro atoms. The number of hydrogen-bond acceptors (Lipinski definition) is 5. The average molecular weight is 330 g/mol. The van der Waals surface area contributed by atoms with Gasteiger partial charge in [-0.2, -0.15) is 12.6 Å². The second-order valence-electron chi connectivity index (χ2n) is 4.97. The van der Waals surface area contributed by atoms with Crippen molar-refractivity contribution in [3.05, 3.63) is 70.3 Å². The Morgan fingerprint density at radius 2 is 2.17 bits per heavy atom. The van der Waals surface area contributed by atoms with Crippen LogP contribution >= 0.6 is 12.6 Å². The van der Waals surface area contributed by atoms with Gasteiger partial charge in [-0.15, -0.1) is 0 Å². The van der Waals surface area contributed by atoms with Crippen molar-refractivity contribution in [1.29, 1.82) is 0 Å². The van der Waals surface area contributed by atoms with Crippen LogP contribution in [0.3, 0.4) is 0 Å². The zero-order chi connectivity index (χ0) is 16.8. The van der Waals surface area contributed by atoms with Gasteiger partial charge in [0.1, 0.15) is 16.9 Å². The number of rotatable bonds is 6. The van der Waals surface area contributed by atoms with Gasteiger partial charge >= 0.3 is 11.6 Å². The second kappa shape index (κ2) is 7.83. The van der Waals surface area contributed by atoms with E-state index in [0.717, 1.165) is 18.4 Å². The summed E-state index contributed by atoms with van der Waals surface area (Å²) < 4.78 is 10.4. The van der Waals surface area contributed by atoms with E-state index < -0.39 is 11.6 Å². The summed E-state index contributed by atoms with van der Waals surface area (Å²) in [6.07, 6.45) is 4.87. The molecule has 0 fully saturated rings. The molecule has 0 bridgehead atoms. The Balaban J connectivity index is 2.37. The molecule has 0 saturated heterocycles. The van der Waals surface area contributed by atoms with Crippen molar-refractivity contribution in [2.24, 2.45) is 0 Å². The van der Waals surface area contributed by atoms with Gasteiger partial charge in [0.15, 0.2) is 0 Å².